The molecule has 2 saturated heterocycles. The second-order valence-corrected chi connectivity index (χ2v) is 9.80. The summed E-state index contributed by atoms with van der Waals surface area (Å²) in [5, 5.41) is 104. The van der Waals surface area contributed by atoms with E-state index in [2.05, 4.69) is 0 Å². The van der Waals surface area contributed by atoms with Crippen molar-refractivity contribution < 1.29 is 65.0 Å². The third-order valence-electron chi connectivity index (χ3n) is 7.31. The van der Waals surface area contributed by atoms with Crippen molar-refractivity contribution in [2.75, 3.05) is 13.2 Å². The van der Waals surface area contributed by atoms with E-state index in [1.807, 2.05) is 0 Å². The maximum Gasteiger partial charge on any atom is 0.197 e. The second kappa shape index (κ2) is 10.6. The molecular formula is C26H28O14. The molecule has 5 rings (SSSR count). The summed E-state index contributed by atoms with van der Waals surface area (Å²) in [6.45, 7) is -1.34. The van der Waals surface area contributed by atoms with E-state index in [-0.39, 0.29) is 11.5 Å². The smallest absolute Gasteiger partial charge is 0.197 e. The summed E-state index contributed by atoms with van der Waals surface area (Å²) in [6.07, 6.45) is -15.7. The number of aliphatic hydroxyl groups is 7. The Morgan fingerprint density at radius 2 is 1.43 bits per heavy atom. The highest BCUT2D eigenvalue weighted by atomic mass is 16.5. The van der Waals surface area contributed by atoms with Crippen molar-refractivity contribution in [2.24, 2.45) is 0 Å². The van der Waals surface area contributed by atoms with Gasteiger partial charge in [-0.05, 0) is 24.3 Å². The molecular weight excluding hydrogens is 536 g/mol. The lowest BCUT2D eigenvalue weighted by Crippen LogP contribution is -2.55. The van der Waals surface area contributed by atoms with Crippen molar-refractivity contribution in [1.82, 2.24) is 0 Å². The molecule has 2 aromatic carbocycles. The first-order valence-electron chi connectivity index (χ1n) is 12.3. The van der Waals surface area contributed by atoms with E-state index in [1.54, 1.807) is 0 Å². The highest BCUT2D eigenvalue weighted by Gasteiger charge is 2.48. The third-order valence-corrected chi connectivity index (χ3v) is 7.31. The molecule has 0 radical (unpaired) electrons. The Hall–Kier alpha value is -3.31. The second-order valence-electron chi connectivity index (χ2n) is 9.80. The molecule has 10 N–H and O–H groups in total. The Morgan fingerprint density at radius 3 is 2.08 bits per heavy atom. The van der Waals surface area contributed by atoms with Crippen LogP contribution in [0.3, 0.4) is 0 Å². The first-order valence-corrected chi connectivity index (χ1v) is 12.3. The van der Waals surface area contributed by atoms with Crippen LogP contribution in [0, 0.1) is 0 Å². The maximum absolute atomic E-state index is 13.4. The van der Waals surface area contributed by atoms with Crippen molar-refractivity contribution in [3.63, 3.8) is 0 Å². The molecule has 2 fully saturated rings. The minimum absolute atomic E-state index is 0.0767. The molecule has 14 nitrogen and oxygen atoms in total. The largest absolute Gasteiger partial charge is 0.508 e. The molecule has 1 aromatic heterocycles. The topological polar surface area (TPSA) is 251 Å². The lowest BCUT2D eigenvalue weighted by molar-refractivity contribution is -0.231. The van der Waals surface area contributed by atoms with E-state index in [4.69, 9.17) is 13.9 Å². The van der Waals surface area contributed by atoms with Crippen LogP contribution >= 0.6 is 0 Å². The van der Waals surface area contributed by atoms with E-state index in [0.29, 0.717) is 5.56 Å². The van der Waals surface area contributed by atoms with Gasteiger partial charge in [-0.2, -0.15) is 0 Å². The number of hydrogen-bond donors (Lipinski definition) is 10. The number of ether oxygens (including phenoxy) is 2. The minimum Gasteiger partial charge on any atom is -0.508 e. The van der Waals surface area contributed by atoms with Crippen LogP contribution in [0.2, 0.25) is 0 Å². The molecule has 0 saturated carbocycles. The molecule has 3 aromatic rings. The van der Waals surface area contributed by atoms with Gasteiger partial charge in [0.1, 0.15) is 83.3 Å². The Morgan fingerprint density at radius 1 is 0.775 bits per heavy atom. The van der Waals surface area contributed by atoms with E-state index >= 15 is 0 Å². The van der Waals surface area contributed by atoms with Gasteiger partial charge in [0.15, 0.2) is 11.0 Å². The molecule has 14 heteroatoms. The summed E-state index contributed by atoms with van der Waals surface area (Å²) in [5.41, 5.74) is -2.19. The standard InChI is InChI=1S/C26H28O14/c27-6-13-18(32)21(35)23(37)26(40-13)16-20(34)15(25-22(36)17(31)11(30)7-38-25)19(33)14-10(29)5-12(39-24(14)16)8-1-3-9(28)4-2-8/h1-5,11,13,17-18,21-23,25-28,30-37H,6-7H2/t11-,13-,17+,18+,21+,22-,23-,25-,26-/m1/s1. The van der Waals surface area contributed by atoms with Gasteiger partial charge in [0, 0.05) is 11.6 Å². The number of aliphatic hydroxyl groups excluding tert-OH is 7. The minimum atomic E-state index is -1.96. The summed E-state index contributed by atoms with van der Waals surface area (Å²) in [4.78, 5) is 13.4. The maximum atomic E-state index is 13.4. The molecule has 2 aliphatic rings. The molecule has 40 heavy (non-hydrogen) atoms. The van der Waals surface area contributed by atoms with E-state index in [1.165, 1.54) is 24.3 Å². The zero-order valence-electron chi connectivity index (χ0n) is 20.6. The predicted molar refractivity (Wildman–Crippen MR) is 132 cm³/mol. The van der Waals surface area contributed by atoms with Gasteiger partial charge in [-0.3, -0.25) is 4.79 Å². The fourth-order valence-electron chi connectivity index (χ4n) is 5.11. The van der Waals surface area contributed by atoms with Gasteiger partial charge in [-0.15, -0.1) is 0 Å². The highest BCUT2D eigenvalue weighted by Crippen LogP contribution is 2.50. The summed E-state index contributed by atoms with van der Waals surface area (Å²) in [5.74, 6) is -2.00. The van der Waals surface area contributed by atoms with Crippen molar-refractivity contribution in [1.29, 1.82) is 0 Å². The van der Waals surface area contributed by atoms with E-state index < -0.39 is 107 Å². The Labute approximate surface area is 224 Å². The van der Waals surface area contributed by atoms with E-state index in [9.17, 15) is 55.9 Å². The van der Waals surface area contributed by atoms with Crippen molar-refractivity contribution in [3.05, 3.63) is 51.7 Å². The SMILES string of the molecule is O=c1cc(-c2ccc(O)cc2)oc2c([C@H]3O[C@H](CO)[C@H](O)[C@H](O)[C@H]3O)c(O)c([C@H]3OC[C@@H](O)[C@H](O)[C@H]3O)c(O)c12. The molecule has 3 heterocycles. The normalized spacial score (nSPS) is 32.8. The van der Waals surface area contributed by atoms with Gasteiger partial charge in [0.05, 0.1) is 24.3 Å². The zero-order valence-corrected chi connectivity index (χ0v) is 20.6. The number of phenolic OH excluding ortho intramolecular Hbond substituents is 3. The number of fused-ring (bicyclic) bond motifs is 1. The van der Waals surface area contributed by atoms with E-state index in [0.717, 1.165) is 6.07 Å². The van der Waals surface area contributed by atoms with Crippen molar-refractivity contribution in [2.45, 2.75) is 54.9 Å². The van der Waals surface area contributed by atoms with Gasteiger partial charge in [-0.1, -0.05) is 0 Å². The quantitative estimate of drug-likeness (QED) is 0.169. The molecule has 0 spiro atoms. The summed E-state index contributed by atoms with van der Waals surface area (Å²) >= 11 is 0. The summed E-state index contributed by atoms with van der Waals surface area (Å²) < 4.78 is 16.9. The van der Waals surface area contributed by atoms with Crippen LogP contribution in [-0.2, 0) is 9.47 Å². The van der Waals surface area contributed by atoms with Crippen LogP contribution < -0.4 is 5.43 Å². The van der Waals surface area contributed by atoms with Crippen LogP contribution in [0.15, 0.2) is 39.5 Å². The van der Waals surface area contributed by atoms with Crippen molar-refractivity contribution in [3.8, 4) is 28.6 Å². The molecule has 0 bridgehead atoms. The molecule has 0 aliphatic carbocycles. The van der Waals surface area contributed by atoms with Crippen LogP contribution in [-0.4, -0.2) is 107 Å². The van der Waals surface area contributed by atoms with Crippen LogP contribution in [0.25, 0.3) is 22.3 Å². The Kier molecular flexibility index (Phi) is 7.47. The fourth-order valence-corrected chi connectivity index (χ4v) is 5.11. The number of phenols is 3. The number of rotatable bonds is 4. The predicted octanol–water partition coefficient (Wildman–Crippen LogP) is -1.75. The zero-order chi connectivity index (χ0) is 29.0. The van der Waals surface area contributed by atoms with Crippen LogP contribution in [0.5, 0.6) is 17.2 Å². The number of hydrogen-bond acceptors (Lipinski definition) is 14. The van der Waals surface area contributed by atoms with Crippen LogP contribution in [0.1, 0.15) is 23.3 Å². The number of aromatic hydroxyl groups is 3. The third kappa shape index (κ3) is 4.49. The van der Waals surface area contributed by atoms with Gasteiger partial charge >= 0.3 is 0 Å². The molecule has 0 amide bonds. The number of benzene rings is 2. The molecule has 9 atom stereocenters. The Balaban J connectivity index is 1.81. The lowest BCUT2D eigenvalue weighted by Gasteiger charge is -2.41. The molecule has 216 valence electrons. The first-order chi connectivity index (χ1) is 19.0. The monoisotopic (exact) mass is 564 g/mol. The van der Waals surface area contributed by atoms with Crippen LogP contribution in [0.4, 0.5) is 0 Å². The fraction of sp³-hybridized carbons (Fsp3) is 0.423. The van der Waals surface area contributed by atoms with Gasteiger partial charge in [0.25, 0.3) is 0 Å². The van der Waals surface area contributed by atoms with Gasteiger partial charge in [0.2, 0.25) is 0 Å². The average Bonchev–Trinajstić information content (AvgIpc) is 2.92. The first kappa shape index (κ1) is 28.2. The van der Waals surface area contributed by atoms with Crippen molar-refractivity contribution >= 4 is 11.0 Å². The van der Waals surface area contributed by atoms with Gasteiger partial charge in [-0.25, -0.2) is 0 Å². The summed E-state index contributed by atoms with van der Waals surface area (Å²) in [7, 11) is 0. The average molecular weight is 564 g/mol. The lowest BCUT2D eigenvalue weighted by atomic mass is 9.85. The van der Waals surface area contributed by atoms with Gasteiger partial charge < -0.3 is 65.0 Å². The Bertz CT molecular complexity index is 1450. The summed E-state index contributed by atoms with van der Waals surface area (Å²) in [6, 6.07) is 6.47. The molecule has 0 unspecified atom stereocenters. The molecule has 2 aliphatic heterocycles. The highest BCUT2D eigenvalue weighted by molar-refractivity contribution is 5.92.